The van der Waals surface area contributed by atoms with Gasteiger partial charge in [-0.25, -0.2) is 4.98 Å². The summed E-state index contributed by atoms with van der Waals surface area (Å²) in [6.07, 6.45) is 5.31. The predicted molar refractivity (Wildman–Crippen MR) is 116 cm³/mol. The van der Waals surface area contributed by atoms with E-state index < -0.39 is 0 Å². The molecule has 1 N–H and O–H groups in total. The Balaban J connectivity index is 0.00000210. The molecular formula is C19H26ClN5S2. The smallest absolute Gasteiger partial charge is 0.0798 e. The lowest BCUT2D eigenvalue weighted by Crippen LogP contribution is -2.29. The minimum atomic E-state index is 0. The van der Waals surface area contributed by atoms with E-state index in [4.69, 9.17) is 0 Å². The molecule has 3 aromatic heterocycles. The van der Waals surface area contributed by atoms with Crippen LogP contribution in [0, 0.1) is 12.8 Å². The van der Waals surface area contributed by atoms with Gasteiger partial charge in [0.2, 0.25) is 0 Å². The lowest BCUT2D eigenvalue weighted by Gasteiger charge is -2.24. The summed E-state index contributed by atoms with van der Waals surface area (Å²) < 4.78 is 1.86. The van der Waals surface area contributed by atoms with Crippen molar-refractivity contribution < 1.29 is 0 Å². The van der Waals surface area contributed by atoms with Crippen molar-refractivity contribution in [3.8, 4) is 10.4 Å². The van der Waals surface area contributed by atoms with E-state index in [9.17, 15) is 0 Å². The Morgan fingerprint density at radius 3 is 2.89 bits per heavy atom. The van der Waals surface area contributed by atoms with Gasteiger partial charge in [0.1, 0.15) is 0 Å². The Morgan fingerprint density at radius 1 is 1.33 bits per heavy atom. The second-order valence-corrected chi connectivity index (χ2v) is 9.17. The van der Waals surface area contributed by atoms with Crippen molar-refractivity contribution in [2.24, 2.45) is 13.0 Å². The van der Waals surface area contributed by atoms with Gasteiger partial charge >= 0.3 is 0 Å². The van der Waals surface area contributed by atoms with Gasteiger partial charge in [0.15, 0.2) is 0 Å². The van der Waals surface area contributed by atoms with E-state index in [0.717, 1.165) is 38.6 Å². The fraction of sp³-hybridized carbons (Fsp3) is 0.474. The van der Waals surface area contributed by atoms with Crippen LogP contribution in [-0.4, -0.2) is 39.3 Å². The van der Waals surface area contributed by atoms with Crippen LogP contribution in [-0.2, 0) is 20.1 Å². The van der Waals surface area contributed by atoms with Crippen molar-refractivity contribution in [2.45, 2.75) is 26.4 Å². The number of thiophene rings is 1. The molecule has 1 saturated heterocycles. The maximum Gasteiger partial charge on any atom is 0.0798 e. The van der Waals surface area contributed by atoms with Gasteiger partial charge in [-0.1, -0.05) is 0 Å². The zero-order valence-corrected chi connectivity index (χ0v) is 18.2. The molecule has 1 atom stereocenters. The van der Waals surface area contributed by atoms with Crippen LogP contribution in [0.2, 0.25) is 0 Å². The van der Waals surface area contributed by atoms with E-state index in [1.54, 1.807) is 11.3 Å². The molecule has 27 heavy (non-hydrogen) atoms. The van der Waals surface area contributed by atoms with Gasteiger partial charge in [-0.3, -0.25) is 9.58 Å². The predicted octanol–water partition coefficient (Wildman–Crippen LogP) is 3.95. The van der Waals surface area contributed by atoms with Gasteiger partial charge < -0.3 is 5.32 Å². The van der Waals surface area contributed by atoms with Crippen LogP contribution < -0.4 is 5.32 Å². The zero-order valence-electron chi connectivity index (χ0n) is 15.7. The fourth-order valence-electron chi connectivity index (χ4n) is 3.49. The molecule has 0 amide bonds. The summed E-state index contributed by atoms with van der Waals surface area (Å²) in [4.78, 5) is 11.1. The Morgan fingerprint density at radius 2 is 2.22 bits per heavy atom. The maximum atomic E-state index is 4.43. The molecule has 0 saturated carbocycles. The van der Waals surface area contributed by atoms with Crippen LogP contribution >= 0.6 is 35.1 Å². The molecule has 0 spiro atoms. The van der Waals surface area contributed by atoms with E-state index in [1.165, 1.54) is 32.3 Å². The van der Waals surface area contributed by atoms with Gasteiger partial charge in [-0.05, 0) is 44.5 Å². The van der Waals surface area contributed by atoms with Gasteiger partial charge in [-0.15, -0.1) is 35.1 Å². The summed E-state index contributed by atoms with van der Waals surface area (Å²) >= 11 is 3.65. The lowest BCUT2D eigenvalue weighted by atomic mass is 10.1. The quantitative estimate of drug-likeness (QED) is 0.625. The van der Waals surface area contributed by atoms with E-state index >= 15 is 0 Å². The van der Waals surface area contributed by atoms with Crippen molar-refractivity contribution in [1.82, 2.24) is 25.0 Å². The van der Waals surface area contributed by atoms with Crippen LogP contribution in [0.25, 0.3) is 10.4 Å². The molecule has 3 aromatic rings. The highest BCUT2D eigenvalue weighted by molar-refractivity contribution is 7.15. The number of thiazole rings is 1. The Kier molecular flexibility index (Phi) is 7.05. The molecule has 8 heteroatoms. The Labute approximate surface area is 174 Å². The number of hydrogen-bond donors (Lipinski definition) is 1. The summed E-state index contributed by atoms with van der Waals surface area (Å²) in [5.74, 6) is 0.751. The highest BCUT2D eigenvalue weighted by Gasteiger charge is 2.20. The largest absolute Gasteiger partial charge is 0.316 e. The van der Waals surface area contributed by atoms with Gasteiger partial charge in [0, 0.05) is 53.1 Å². The third-order valence-electron chi connectivity index (χ3n) is 4.92. The van der Waals surface area contributed by atoms with Crippen LogP contribution in [0.15, 0.2) is 30.0 Å². The average Bonchev–Trinajstić information content (AvgIpc) is 3.38. The van der Waals surface area contributed by atoms with Crippen LogP contribution in [0.3, 0.4) is 0 Å². The normalized spacial score (nSPS) is 16.8. The van der Waals surface area contributed by atoms with Crippen molar-refractivity contribution in [1.29, 1.82) is 0 Å². The summed E-state index contributed by atoms with van der Waals surface area (Å²) in [5, 5.41) is 7.79. The summed E-state index contributed by atoms with van der Waals surface area (Å²) in [5.41, 5.74) is 4.34. The molecule has 0 radical (unpaired) electrons. The molecule has 4 heterocycles. The molecule has 5 nitrogen and oxygen atoms in total. The molecular weight excluding hydrogens is 398 g/mol. The molecule has 1 fully saturated rings. The molecule has 1 aliphatic heterocycles. The minimum absolute atomic E-state index is 0. The summed E-state index contributed by atoms with van der Waals surface area (Å²) in [7, 11) is 1.97. The topological polar surface area (TPSA) is 46.0 Å². The number of aryl methyl sites for hydroxylation is 2. The summed E-state index contributed by atoms with van der Waals surface area (Å²) in [6.45, 7) is 7.55. The number of aromatic nitrogens is 3. The van der Waals surface area contributed by atoms with E-state index in [2.05, 4.69) is 45.6 Å². The Bertz CT molecular complexity index is 850. The van der Waals surface area contributed by atoms with Crippen molar-refractivity contribution >= 4 is 35.1 Å². The zero-order chi connectivity index (χ0) is 17.9. The average molecular weight is 424 g/mol. The number of nitrogens with zero attached hydrogens (tertiary/aromatic N) is 4. The third kappa shape index (κ3) is 5.18. The molecule has 0 aromatic carbocycles. The van der Waals surface area contributed by atoms with Crippen LogP contribution in [0.1, 0.15) is 21.9 Å². The first-order valence-electron chi connectivity index (χ1n) is 9.07. The highest BCUT2D eigenvalue weighted by Crippen LogP contribution is 2.29. The van der Waals surface area contributed by atoms with Crippen molar-refractivity contribution in [3.05, 3.63) is 45.5 Å². The number of nitrogens with one attached hydrogen (secondary N) is 1. The van der Waals surface area contributed by atoms with Crippen LogP contribution in [0.4, 0.5) is 0 Å². The second kappa shape index (κ2) is 9.30. The van der Waals surface area contributed by atoms with E-state index in [-0.39, 0.29) is 12.4 Å². The molecule has 0 aliphatic carbocycles. The SMILES string of the molecule is Cc1ncsc1CN(Cc1ccc(-c2cnn(C)c2)s1)CC1CCNC1.Cl. The number of halogens is 1. The highest BCUT2D eigenvalue weighted by atomic mass is 35.5. The second-order valence-electron chi connectivity index (χ2n) is 7.06. The number of hydrogen-bond acceptors (Lipinski definition) is 6. The first-order chi connectivity index (χ1) is 12.7. The van der Waals surface area contributed by atoms with E-state index in [1.807, 2.05) is 34.8 Å². The monoisotopic (exact) mass is 423 g/mol. The van der Waals surface area contributed by atoms with Gasteiger partial charge in [0.05, 0.1) is 17.4 Å². The third-order valence-corrected chi connectivity index (χ3v) is 6.96. The molecule has 0 bridgehead atoms. The lowest BCUT2D eigenvalue weighted by molar-refractivity contribution is 0.224. The van der Waals surface area contributed by atoms with Crippen molar-refractivity contribution in [3.63, 3.8) is 0 Å². The Hall–Kier alpha value is -1.25. The van der Waals surface area contributed by atoms with Crippen molar-refractivity contribution in [2.75, 3.05) is 19.6 Å². The fourth-order valence-corrected chi connectivity index (χ4v) is 5.33. The van der Waals surface area contributed by atoms with Crippen LogP contribution in [0.5, 0.6) is 0 Å². The standard InChI is InChI=1S/C19H25N5S2.ClH/c1-14-19(25-13-21-14)12-24(9-15-5-6-20-7-15)11-17-3-4-18(26-17)16-8-22-23(2)10-16;/h3-4,8,10,13,15,20H,5-7,9,11-12H2,1-2H3;1H. The number of rotatable bonds is 7. The molecule has 1 aliphatic rings. The van der Waals surface area contributed by atoms with E-state index in [0.29, 0.717) is 0 Å². The van der Waals surface area contributed by atoms with Gasteiger partial charge in [-0.2, -0.15) is 5.10 Å². The first-order valence-corrected chi connectivity index (χ1v) is 10.8. The first kappa shape index (κ1) is 20.5. The molecule has 146 valence electrons. The van der Waals surface area contributed by atoms with Gasteiger partial charge in [0.25, 0.3) is 0 Å². The molecule has 1 unspecified atom stereocenters. The molecule has 4 rings (SSSR count). The maximum absolute atomic E-state index is 4.43. The minimum Gasteiger partial charge on any atom is -0.316 e. The summed E-state index contributed by atoms with van der Waals surface area (Å²) in [6, 6.07) is 4.50.